The molecule has 1 unspecified atom stereocenters. The van der Waals surface area contributed by atoms with Crippen molar-refractivity contribution >= 4 is 0 Å². The van der Waals surface area contributed by atoms with Gasteiger partial charge in [0, 0.05) is 6.61 Å². The van der Waals surface area contributed by atoms with E-state index in [0.29, 0.717) is 12.5 Å². The molecule has 1 N–H and O–H groups in total. The van der Waals surface area contributed by atoms with Gasteiger partial charge in [-0.2, -0.15) is 0 Å². The van der Waals surface area contributed by atoms with Crippen molar-refractivity contribution in [3.63, 3.8) is 0 Å². The van der Waals surface area contributed by atoms with Crippen LogP contribution in [0.2, 0.25) is 0 Å². The second-order valence-electron chi connectivity index (χ2n) is 5.01. The molecule has 2 heteroatoms. The molecule has 0 bridgehead atoms. The van der Waals surface area contributed by atoms with Crippen LogP contribution in [0.5, 0.6) is 0 Å². The van der Waals surface area contributed by atoms with Gasteiger partial charge < -0.3 is 9.84 Å². The maximum atomic E-state index is 8.71. The topological polar surface area (TPSA) is 29.5 Å². The van der Waals surface area contributed by atoms with Gasteiger partial charge in [0.25, 0.3) is 0 Å². The van der Waals surface area contributed by atoms with E-state index in [0.717, 1.165) is 6.61 Å². The van der Waals surface area contributed by atoms with Crippen molar-refractivity contribution < 1.29 is 9.84 Å². The lowest BCUT2D eigenvalue weighted by molar-refractivity contribution is 0.0620. The minimum absolute atomic E-state index is 0.150. The summed E-state index contributed by atoms with van der Waals surface area (Å²) in [6.45, 7) is 5.99. The van der Waals surface area contributed by atoms with Crippen LogP contribution < -0.4 is 0 Å². The number of unbranched alkanes of at least 4 members (excludes halogenated alkanes) is 5. The van der Waals surface area contributed by atoms with Crippen LogP contribution in [-0.2, 0) is 4.74 Å². The van der Waals surface area contributed by atoms with Crippen LogP contribution in [-0.4, -0.2) is 24.9 Å². The molecule has 1 atom stereocenters. The van der Waals surface area contributed by atoms with Gasteiger partial charge in [0.1, 0.15) is 0 Å². The largest absolute Gasteiger partial charge is 0.394 e. The molecule has 0 aliphatic carbocycles. The molecule has 0 aromatic heterocycles. The molecule has 0 radical (unpaired) electrons. The van der Waals surface area contributed by atoms with E-state index in [1.165, 1.54) is 57.8 Å². The Balaban J connectivity index is 3.60. The lowest BCUT2D eigenvalue weighted by Gasteiger charge is -2.16. The maximum Gasteiger partial charge on any atom is 0.0697 e. The molecule has 0 saturated heterocycles. The molecule has 0 amide bonds. The van der Waals surface area contributed by atoms with Gasteiger partial charge in [-0.15, -0.1) is 0 Å². The molecule has 0 spiro atoms. The fraction of sp³-hybridized carbons (Fsp3) is 1.00. The van der Waals surface area contributed by atoms with Gasteiger partial charge >= 0.3 is 0 Å². The van der Waals surface area contributed by atoms with Gasteiger partial charge in [-0.1, -0.05) is 58.8 Å². The van der Waals surface area contributed by atoms with E-state index < -0.39 is 0 Å². The van der Waals surface area contributed by atoms with Crippen LogP contribution in [0.25, 0.3) is 0 Å². The Hall–Kier alpha value is -0.0800. The Morgan fingerprint density at radius 1 is 0.882 bits per heavy atom. The summed E-state index contributed by atoms with van der Waals surface area (Å²) >= 11 is 0. The predicted molar refractivity (Wildman–Crippen MR) is 74.3 cm³/mol. The molecule has 17 heavy (non-hydrogen) atoms. The van der Waals surface area contributed by atoms with E-state index in [9.17, 15) is 0 Å². The molecule has 0 heterocycles. The van der Waals surface area contributed by atoms with Crippen LogP contribution in [0.4, 0.5) is 0 Å². The molecule has 0 saturated carbocycles. The minimum atomic E-state index is 0.150. The van der Waals surface area contributed by atoms with E-state index in [1.807, 2.05) is 0 Å². The fourth-order valence-corrected chi connectivity index (χ4v) is 2.17. The molecule has 0 aromatic carbocycles. The van der Waals surface area contributed by atoms with Crippen molar-refractivity contribution in [3.05, 3.63) is 0 Å². The van der Waals surface area contributed by atoms with Crippen LogP contribution in [0.1, 0.15) is 71.6 Å². The third-order valence-electron chi connectivity index (χ3n) is 3.27. The Morgan fingerprint density at radius 3 is 2.06 bits per heavy atom. The van der Waals surface area contributed by atoms with E-state index >= 15 is 0 Å². The number of aliphatic hydroxyl groups is 1. The zero-order valence-electron chi connectivity index (χ0n) is 11.9. The normalized spacial score (nSPS) is 12.9. The molecule has 0 rings (SSSR count). The van der Waals surface area contributed by atoms with Crippen molar-refractivity contribution in [1.29, 1.82) is 0 Å². The number of hydrogen-bond acceptors (Lipinski definition) is 2. The van der Waals surface area contributed by atoms with E-state index in [1.54, 1.807) is 0 Å². The zero-order valence-corrected chi connectivity index (χ0v) is 11.9. The van der Waals surface area contributed by atoms with E-state index in [2.05, 4.69) is 13.8 Å². The highest BCUT2D eigenvalue weighted by molar-refractivity contribution is 4.60. The van der Waals surface area contributed by atoms with Gasteiger partial charge in [-0.3, -0.25) is 0 Å². The van der Waals surface area contributed by atoms with Crippen molar-refractivity contribution in [2.24, 2.45) is 5.92 Å². The standard InChI is InChI=1S/C15H32O2/c1-3-5-7-9-11-15(10-8-6-4-2)14-17-13-12-16/h15-16H,3-14H2,1-2H3. The first-order valence-corrected chi connectivity index (χ1v) is 7.53. The first kappa shape index (κ1) is 16.9. The summed E-state index contributed by atoms with van der Waals surface area (Å²) in [4.78, 5) is 0. The highest BCUT2D eigenvalue weighted by Gasteiger charge is 2.08. The van der Waals surface area contributed by atoms with Crippen molar-refractivity contribution in [2.75, 3.05) is 19.8 Å². The molecule has 0 aromatic rings. The lowest BCUT2D eigenvalue weighted by Crippen LogP contribution is -2.12. The monoisotopic (exact) mass is 244 g/mol. The van der Waals surface area contributed by atoms with Gasteiger partial charge in [0.05, 0.1) is 13.2 Å². The molecule has 0 aliphatic heterocycles. The van der Waals surface area contributed by atoms with Gasteiger partial charge in [-0.05, 0) is 18.8 Å². The Labute approximate surface area is 108 Å². The van der Waals surface area contributed by atoms with Crippen molar-refractivity contribution in [1.82, 2.24) is 0 Å². The van der Waals surface area contributed by atoms with E-state index in [4.69, 9.17) is 9.84 Å². The quantitative estimate of drug-likeness (QED) is 0.493. The minimum Gasteiger partial charge on any atom is -0.394 e. The number of ether oxygens (including phenoxy) is 1. The highest BCUT2D eigenvalue weighted by Crippen LogP contribution is 2.18. The number of aliphatic hydroxyl groups excluding tert-OH is 1. The summed E-state index contributed by atoms with van der Waals surface area (Å²) in [7, 11) is 0. The van der Waals surface area contributed by atoms with Gasteiger partial charge in [0.15, 0.2) is 0 Å². The Kier molecular flexibility index (Phi) is 13.9. The first-order chi connectivity index (χ1) is 8.35. The van der Waals surface area contributed by atoms with Crippen LogP contribution in [0, 0.1) is 5.92 Å². The summed E-state index contributed by atoms with van der Waals surface area (Å²) < 4.78 is 5.48. The SMILES string of the molecule is CCCCCCC(CCCCC)COCCO. The summed E-state index contributed by atoms with van der Waals surface area (Å²) in [6.07, 6.45) is 11.9. The third-order valence-corrected chi connectivity index (χ3v) is 3.27. The Morgan fingerprint density at radius 2 is 1.47 bits per heavy atom. The second-order valence-corrected chi connectivity index (χ2v) is 5.01. The summed E-state index contributed by atoms with van der Waals surface area (Å²) in [5, 5.41) is 8.71. The number of rotatable bonds is 13. The lowest BCUT2D eigenvalue weighted by atomic mass is 9.95. The van der Waals surface area contributed by atoms with Crippen LogP contribution in [0.3, 0.4) is 0 Å². The van der Waals surface area contributed by atoms with Gasteiger partial charge in [-0.25, -0.2) is 0 Å². The predicted octanol–water partition coefficient (Wildman–Crippen LogP) is 4.16. The second kappa shape index (κ2) is 14.0. The highest BCUT2D eigenvalue weighted by atomic mass is 16.5. The zero-order chi connectivity index (χ0) is 12.8. The first-order valence-electron chi connectivity index (χ1n) is 7.53. The van der Waals surface area contributed by atoms with Crippen LogP contribution in [0.15, 0.2) is 0 Å². The molecule has 2 nitrogen and oxygen atoms in total. The van der Waals surface area contributed by atoms with Crippen molar-refractivity contribution in [3.8, 4) is 0 Å². The Bertz CT molecular complexity index is 127. The maximum absolute atomic E-state index is 8.71. The smallest absolute Gasteiger partial charge is 0.0697 e. The average Bonchev–Trinajstić information content (AvgIpc) is 2.34. The average molecular weight is 244 g/mol. The molecule has 0 fully saturated rings. The number of hydrogen-bond donors (Lipinski definition) is 1. The summed E-state index contributed by atoms with van der Waals surface area (Å²) in [6, 6.07) is 0. The fourth-order valence-electron chi connectivity index (χ4n) is 2.17. The summed E-state index contributed by atoms with van der Waals surface area (Å²) in [5.74, 6) is 0.713. The molecule has 0 aliphatic rings. The summed E-state index contributed by atoms with van der Waals surface area (Å²) in [5.41, 5.74) is 0. The molecular formula is C15H32O2. The van der Waals surface area contributed by atoms with E-state index in [-0.39, 0.29) is 6.61 Å². The third kappa shape index (κ3) is 12.2. The van der Waals surface area contributed by atoms with Gasteiger partial charge in [0.2, 0.25) is 0 Å². The van der Waals surface area contributed by atoms with Crippen molar-refractivity contribution in [2.45, 2.75) is 71.6 Å². The van der Waals surface area contributed by atoms with Crippen LogP contribution >= 0.6 is 0 Å². The molecule has 104 valence electrons. The molecular weight excluding hydrogens is 212 g/mol.